The Bertz CT molecular complexity index is 706. The van der Waals surface area contributed by atoms with E-state index in [0.29, 0.717) is 18.2 Å². The Labute approximate surface area is 145 Å². The van der Waals surface area contributed by atoms with Gasteiger partial charge in [0.25, 0.3) is 0 Å². The quantitative estimate of drug-likeness (QED) is 0.769. The monoisotopic (exact) mass is 344 g/mol. The maximum Gasteiger partial charge on any atom is 0.319 e. The van der Waals surface area contributed by atoms with E-state index in [0.717, 1.165) is 31.6 Å². The second kappa shape index (κ2) is 7.89. The van der Waals surface area contributed by atoms with Crippen LogP contribution >= 0.6 is 0 Å². The van der Waals surface area contributed by atoms with Gasteiger partial charge in [-0.15, -0.1) is 0 Å². The third kappa shape index (κ3) is 5.12. The highest BCUT2D eigenvalue weighted by molar-refractivity contribution is 5.89. The number of nitrogens with one attached hydrogen (secondary N) is 2. The summed E-state index contributed by atoms with van der Waals surface area (Å²) in [5.41, 5.74) is 7.08. The van der Waals surface area contributed by atoms with Gasteiger partial charge in [-0.1, -0.05) is 0 Å². The lowest BCUT2D eigenvalue weighted by atomic mass is 10.1. The summed E-state index contributed by atoms with van der Waals surface area (Å²) in [7, 11) is 0. The number of aromatic nitrogens is 2. The van der Waals surface area contributed by atoms with Gasteiger partial charge >= 0.3 is 6.03 Å². The predicted octanol–water partition coefficient (Wildman–Crippen LogP) is 1.84. The summed E-state index contributed by atoms with van der Waals surface area (Å²) in [6, 6.07) is 5.40. The number of carbonyl (C=O) groups is 1. The molecule has 0 aliphatic carbocycles. The summed E-state index contributed by atoms with van der Waals surface area (Å²) < 4.78 is 12.8. The Morgan fingerprint density at radius 1 is 1.28 bits per heavy atom. The summed E-state index contributed by atoms with van der Waals surface area (Å²) in [5.74, 6) is 0.344. The van der Waals surface area contributed by atoms with E-state index in [1.807, 2.05) is 0 Å². The second-order valence-corrected chi connectivity index (χ2v) is 6.18. The summed E-state index contributed by atoms with van der Waals surface area (Å²) in [5, 5.41) is 5.56. The summed E-state index contributed by atoms with van der Waals surface area (Å²) in [6.07, 6.45) is 4.50. The minimum absolute atomic E-state index is 0.277. The number of hydrogen-bond acceptors (Lipinski definition) is 5. The molecule has 0 spiro atoms. The molecule has 0 bridgehead atoms. The lowest BCUT2D eigenvalue weighted by Crippen LogP contribution is -2.34. The lowest BCUT2D eigenvalue weighted by molar-refractivity contribution is 0.249. The van der Waals surface area contributed by atoms with Crippen LogP contribution in [0.5, 0.6) is 0 Å². The van der Waals surface area contributed by atoms with Gasteiger partial charge in [0.05, 0.1) is 0 Å². The lowest BCUT2D eigenvalue weighted by Gasteiger charge is -2.16. The van der Waals surface area contributed by atoms with Crippen LogP contribution < -0.4 is 16.4 Å². The summed E-state index contributed by atoms with van der Waals surface area (Å²) in [4.78, 5) is 22.2. The van der Waals surface area contributed by atoms with E-state index in [2.05, 4.69) is 25.5 Å². The third-order valence-corrected chi connectivity index (χ3v) is 4.15. The molecule has 0 saturated carbocycles. The zero-order chi connectivity index (χ0) is 17.6. The van der Waals surface area contributed by atoms with Crippen LogP contribution in [0.15, 0.2) is 36.7 Å². The van der Waals surface area contributed by atoms with Crippen LogP contribution in [0.1, 0.15) is 12.0 Å². The molecule has 8 heteroatoms. The molecule has 0 unspecified atom stereocenters. The first-order chi connectivity index (χ1) is 12.1. The molecular formula is C17H21FN6O. The molecule has 1 saturated heterocycles. The number of anilines is 2. The van der Waals surface area contributed by atoms with Crippen molar-refractivity contribution in [2.45, 2.75) is 13.0 Å². The molecule has 4 N–H and O–H groups in total. The van der Waals surface area contributed by atoms with Crippen LogP contribution in [0.4, 0.5) is 20.8 Å². The van der Waals surface area contributed by atoms with Crippen LogP contribution in [0, 0.1) is 11.7 Å². The number of benzene rings is 1. The van der Waals surface area contributed by atoms with E-state index in [4.69, 9.17) is 5.73 Å². The first-order valence-corrected chi connectivity index (χ1v) is 8.17. The highest BCUT2D eigenvalue weighted by Gasteiger charge is 2.23. The Balaban J connectivity index is 1.40. The average molecular weight is 344 g/mol. The van der Waals surface area contributed by atoms with Gasteiger partial charge in [-0.2, -0.15) is 0 Å². The third-order valence-electron chi connectivity index (χ3n) is 4.15. The number of hydrogen-bond donors (Lipinski definition) is 3. The number of rotatable bonds is 5. The fourth-order valence-corrected chi connectivity index (χ4v) is 2.87. The molecule has 0 radical (unpaired) electrons. The van der Waals surface area contributed by atoms with Crippen LogP contribution in [0.25, 0.3) is 0 Å². The van der Waals surface area contributed by atoms with Crippen LogP contribution in [0.2, 0.25) is 0 Å². The average Bonchev–Trinajstić information content (AvgIpc) is 3.05. The van der Waals surface area contributed by atoms with E-state index in [1.54, 1.807) is 12.4 Å². The van der Waals surface area contributed by atoms with E-state index < -0.39 is 0 Å². The Morgan fingerprint density at radius 3 is 2.72 bits per heavy atom. The van der Waals surface area contributed by atoms with Crippen LogP contribution in [-0.4, -0.2) is 40.5 Å². The number of amides is 2. The zero-order valence-corrected chi connectivity index (χ0v) is 13.8. The standard InChI is InChI=1S/C17H21FN6O/c18-14-1-3-15(4-2-14)23-17(25)22-7-12-5-6-24(10-12)11-13-8-20-16(19)21-9-13/h1-4,8-9,12H,5-7,10-11H2,(H2,19,20,21)(H2,22,23,25)/t12-/m0/s1. The largest absolute Gasteiger partial charge is 0.368 e. The van der Waals surface area contributed by atoms with Crippen molar-refractivity contribution in [2.75, 3.05) is 30.7 Å². The molecule has 1 aromatic heterocycles. The zero-order valence-electron chi connectivity index (χ0n) is 13.8. The maximum atomic E-state index is 12.8. The van der Waals surface area contributed by atoms with Gasteiger partial charge in [0.2, 0.25) is 5.95 Å². The van der Waals surface area contributed by atoms with Crippen molar-refractivity contribution in [3.05, 3.63) is 48.0 Å². The van der Waals surface area contributed by atoms with Crippen molar-refractivity contribution >= 4 is 17.7 Å². The van der Waals surface area contributed by atoms with Gasteiger partial charge in [0, 0.05) is 43.3 Å². The number of nitrogen functional groups attached to an aromatic ring is 1. The predicted molar refractivity (Wildman–Crippen MR) is 93.2 cm³/mol. The first-order valence-electron chi connectivity index (χ1n) is 8.17. The molecule has 2 heterocycles. The van der Waals surface area contributed by atoms with Gasteiger partial charge in [-0.25, -0.2) is 19.2 Å². The van der Waals surface area contributed by atoms with Gasteiger partial charge in [0.1, 0.15) is 5.82 Å². The normalized spacial score (nSPS) is 17.4. The molecule has 132 valence electrons. The number of nitrogens with two attached hydrogens (primary N) is 1. The van der Waals surface area contributed by atoms with Crippen LogP contribution in [0.3, 0.4) is 0 Å². The van der Waals surface area contributed by atoms with Crippen molar-refractivity contribution in [1.29, 1.82) is 0 Å². The minimum atomic E-state index is -0.330. The number of urea groups is 1. The van der Waals surface area contributed by atoms with E-state index in [9.17, 15) is 9.18 Å². The molecule has 7 nitrogen and oxygen atoms in total. The van der Waals surface area contributed by atoms with Gasteiger partial charge in [0.15, 0.2) is 0 Å². The van der Waals surface area contributed by atoms with E-state index >= 15 is 0 Å². The van der Waals surface area contributed by atoms with E-state index in [1.165, 1.54) is 24.3 Å². The topological polar surface area (TPSA) is 96.2 Å². The fraction of sp³-hybridized carbons (Fsp3) is 0.353. The number of nitrogens with zero attached hydrogens (tertiary/aromatic N) is 3. The first kappa shape index (κ1) is 17.1. The molecule has 2 amide bonds. The van der Waals surface area contributed by atoms with Crippen molar-refractivity contribution in [3.63, 3.8) is 0 Å². The molecule has 1 atom stereocenters. The van der Waals surface area contributed by atoms with Crippen molar-refractivity contribution in [1.82, 2.24) is 20.2 Å². The molecule has 1 aromatic carbocycles. The smallest absolute Gasteiger partial charge is 0.319 e. The second-order valence-electron chi connectivity index (χ2n) is 6.18. The molecule has 2 aromatic rings. The molecule has 1 aliphatic rings. The van der Waals surface area contributed by atoms with Crippen LogP contribution in [-0.2, 0) is 6.54 Å². The Kier molecular flexibility index (Phi) is 5.39. The minimum Gasteiger partial charge on any atom is -0.368 e. The number of likely N-dealkylation sites (tertiary alicyclic amines) is 1. The molecule has 25 heavy (non-hydrogen) atoms. The Morgan fingerprint density at radius 2 is 2.00 bits per heavy atom. The highest BCUT2D eigenvalue weighted by atomic mass is 19.1. The molecule has 1 fully saturated rings. The van der Waals surface area contributed by atoms with Gasteiger partial charge in [-0.3, -0.25) is 4.90 Å². The Hall–Kier alpha value is -2.74. The molecule has 1 aliphatic heterocycles. The fourth-order valence-electron chi connectivity index (χ4n) is 2.87. The number of carbonyl (C=O) groups excluding carboxylic acids is 1. The molecule has 3 rings (SSSR count). The van der Waals surface area contributed by atoms with Gasteiger partial charge in [-0.05, 0) is 43.1 Å². The van der Waals surface area contributed by atoms with Crippen molar-refractivity contribution in [2.24, 2.45) is 5.92 Å². The van der Waals surface area contributed by atoms with Gasteiger partial charge < -0.3 is 16.4 Å². The number of halogens is 1. The maximum absolute atomic E-state index is 12.8. The van der Waals surface area contributed by atoms with Crippen molar-refractivity contribution in [3.8, 4) is 0 Å². The molecular weight excluding hydrogens is 323 g/mol. The highest BCUT2D eigenvalue weighted by Crippen LogP contribution is 2.18. The summed E-state index contributed by atoms with van der Waals surface area (Å²) >= 11 is 0. The SMILES string of the molecule is Nc1ncc(CN2CC[C@@H](CNC(=O)Nc3ccc(F)cc3)C2)cn1. The van der Waals surface area contributed by atoms with Crippen molar-refractivity contribution < 1.29 is 9.18 Å². The summed E-state index contributed by atoms with van der Waals surface area (Å²) in [6.45, 7) is 3.25. The van der Waals surface area contributed by atoms with E-state index in [-0.39, 0.29) is 17.8 Å².